The summed E-state index contributed by atoms with van der Waals surface area (Å²) in [6.07, 6.45) is 0.905. The van der Waals surface area contributed by atoms with Gasteiger partial charge in [-0.2, -0.15) is 5.26 Å². The number of carbonyl (C=O) groups is 1. The van der Waals surface area contributed by atoms with Crippen molar-refractivity contribution in [3.05, 3.63) is 35.9 Å². The largest absolute Gasteiger partial charge is 0.344 e. The van der Waals surface area contributed by atoms with E-state index < -0.39 is 5.92 Å². The summed E-state index contributed by atoms with van der Waals surface area (Å²) in [7, 11) is 5.76. The van der Waals surface area contributed by atoms with Gasteiger partial charge in [0.05, 0.1) is 6.07 Å². The Labute approximate surface area is 115 Å². The third-order valence-corrected chi connectivity index (χ3v) is 2.98. The predicted molar refractivity (Wildman–Crippen MR) is 75.6 cm³/mol. The lowest BCUT2D eigenvalue weighted by molar-refractivity contribution is -0.130. The molecule has 0 aliphatic carbocycles. The average Bonchev–Trinajstić information content (AvgIpc) is 2.40. The molecule has 0 radical (unpaired) electrons. The topological polar surface area (TPSA) is 47.3 Å². The molecule has 0 bridgehead atoms. The third-order valence-electron chi connectivity index (χ3n) is 2.98. The summed E-state index contributed by atoms with van der Waals surface area (Å²) in [5.74, 6) is -0.835. The molecule has 102 valence electrons. The molecule has 0 fully saturated rings. The van der Waals surface area contributed by atoms with Gasteiger partial charge in [0.15, 0.2) is 0 Å². The first-order chi connectivity index (χ1) is 9.06. The van der Waals surface area contributed by atoms with Crippen LogP contribution >= 0.6 is 0 Å². The highest BCUT2D eigenvalue weighted by Crippen LogP contribution is 2.17. The molecule has 0 aromatic heterocycles. The molecule has 19 heavy (non-hydrogen) atoms. The second kappa shape index (κ2) is 7.55. The molecule has 0 heterocycles. The van der Waals surface area contributed by atoms with E-state index in [4.69, 9.17) is 0 Å². The van der Waals surface area contributed by atoms with E-state index in [1.807, 2.05) is 44.4 Å². The summed E-state index contributed by atoms with van der Waals surface area (Å²) < 4.78 is 0. The molecule has 1 atom stereocenters. The highest BCUT2D eigenvalue weighted by molar-refractivity contribution is 5.86. The van der Waals surface area contributed by atoms with Gasteiger partial charge in [-0.3, -0.25) is 4.79 Å². The highest BCUT2D eigenvalue weighted by Gasteiger charge is 2.23. The van der Waals surface area contributed by atoms with Crippen LogP contribution in [0.4, 0.5) is 0 Å². The van der Waals surface area contributed by atoms with Crippen LogP contribution in [0.3, 0.4) is 0 Å². The first kappa shape index (κ1) is 15.2. The van der Waals surface area contributed by atoms with Crippen molar-refractivity contribution >= 4 is 5.91 Å². The molecule has 0 spiro atoms. The van der Waals surface area contributed by atoms with E-state index in [2.05, 4.69) is 11.0 Å². The second-order valence-corrected chi connectivity index (χ2v) is 4.89. The number of carbonyl (C=O) groups excluding carboxylic acids is 1. The van der Waals surface area contributed by atoms with Gasteiger partial charge in [-0.15, -0.1) is 0 Å². The van der Waals surface area contributed by atoms with Crippen molar-refractivity contribution in [3.8, 4) is 6.07 Å². The van der Waals surface area contributed by atoms with Gasteiger partial charge in [0.2, 0.25) is 5.91 Å². The van der Waals surface area contributed by atoms with Crippen LogP contribution in [0.1, 0.15) is 17.9 Å². The maximum Gasteiger partial charge on any atom is 0.244 e. The highest BCUT2D eigenvalue weighted by atomic mass is 16.2. The van der Waals surface area contributed by atoms with Crippen molar-refractivity contribution in [3.63, 3.8) is 0 Å². The zero-order valence-electron chi connectivity index (χ0n) is 11.8. The number of nitriles is 1. The molecule has 1 amide bonds. The summed E-state index contributed by atoms with van der Waals surface area (Å²) in [5.41, 5.74) is 0.759. The SMILES string of the molecule is CN(C)CCCN(C)C(=O)C(C#N)c1ccccc1. The monoisotopic (exact) mass is 259 g/mol. The first-order valence-electron chi connectivity index (χ1n) is 6.40. The molecule has 0 aliphatic rings. The Bertz CT molecular complexity index is 436. The maximum atomic E-state index is 12.2. The number of benzene rings is 1. The minimum absolute atomic E-state index is 0.132. The number of nitrogens with zero attached hydrogens (tertiary/aromatic N) is 3. The van der Waals surface area contributed by atoms with Crippen LogP contribution in [-0.4, -0.2) is 49.9 Å². The standard InChI is InChI=1S/C15H21N3O/c1-17(2)10-7-11-18(3)15(19)14(12-16)13-8-5-4-6-9-13/h4-6,8-9,14H,7,10-11H2,1-3H3. The van der Waals surface area contributed by atoms with Crippen molar-refractivity contribution in [1.82, 2.24) is 9.80 Å². The number of likely N-dealkylation sites (N-methyl/N-ethyl adjacent to an activating group) is 1. The van der Waals surface area contributed by atoms with Crippen molar-refractivity contribution < 1.29 is 4.79 Å². The molecule has 0 N–H and O–H groups in total. The quantitative estimate of drug-likeness (QED) is 0.781. The van der Waals surface area contributed by atoms with E-state index >= 15 is 0 Å². The van der Waals surface area contributed by atoms with E-state index in [-0.39, 0.29) is 5.91 Å². The number of hydrogen-bond donors (Lipinski definition) is 0. The van der Waals surface area contributed by atoms with E-state index in [9.17, 15) is 10.1 Å². The van der Waals surface area contributed by atoms with Crippen LogP contribution in [0.2, 0.25) is 0 Å². The summed E-state index contributed by atoms with van der Waals surface area (Å²) in [6.45, 7) is 1.60. The predicted octanol–water partition coefficient (Wildman–Crippen LogP) is 1.70. The Morgan fingerprint density at radius 1 is 1.21 bits per heavy atom. The number of rotatable bonds is 6. The zero-order valence-corrected chi connectivity index (χ0v) is 11.8. The molecule has 0 saturated carbocycles. The van der Waals surface area contributed by atoms with Crippen molar-refractivity contribution in [1.29, 1.82) is 5.26 Å². The summed E-state index contributed by atoms with van der Waals surface area (Å²) >= 11 is 0. The smallest absolute Gasteiger partial charge is 0.244 e. The summed E-state index contributed by atoms with van der Waals surface area (Å²) in [6, 6.07) is 11.3. The Hall–Kier alpha value is -1.86. The van der Waals surface area contributed by atoms with Crippen molar-refractivity contribution in [2.75, 3.05) is 34.2 Å². The van der Waals surface area contributed by atoms with Crippen LogP contribution in [0, 0.1) is 11.3 Å². The fourth-order valence-corrected chi connectivity index (χ4v) is 1.87. The normalized spacial score (nSPS) is 11.9. The van der Waals surface area contributed by atoms with E-state index in [0.717, 1.165) is 18.5 Å². The lowest BCUT2D eigenvalue weighted by atomic mass is 9.99. The molecule has 1 rings (SSSR count). The van der Waals surface area contributed by atoms with Crippen LogP contribution in [0.5, 0.6) is 0 Å². The molecule has 0 aliphatic heterocycles. The third kappa shape index (κ3) is 4.72. The maximum absolute atomic E-state index is 12.2. The van der Waals surface area contributed by atoms with Crippen molar-refractivity contribution in [2.24, 2.45) is 0 Å². The molecule has 1 aromatic carbocycles. The van der Waals surface area contributed by atoms with Gasteiger partial charge in [0, 0.05) is 13.6 Å². The molecule has 4 heteroatoms. The summed E-state index contributed by atoms with van der Waals surface area (Å²) in [5, 5.41) is 9.21. The van der Waals surface area contributed by atoms with Crippen molar-refractivity contribution in [2.45, 2.75) is 12.3 Å². The fourth-order valence-electron chi connectivity index (χ4n) is 1.87. The fraction of sp³-hybridized carbons (Fsp3) is 0.467. The molecular formula is C15H21N3O. The Morgan fingerprint density at radius 3 is 2.37 bits per heavy atom. The van der Waals surface area contributed by atoms with E-state index in [0.29, 0.717) is 6.54 Å². The lowest BCUT2D eigenvalue weighted by Gasteiger charge is -2.21. The van der Waals surface area contributed by atoms with E-state index in [1.54, 1.807) is 11.9 Å². The Kier molecular flexibility index (Phi) is 6.04. The van der Waals surface area contributed by atoms with Gasteiger partial charge in [-0.1, -0.05) is 30.3 Å². The molecule has 0 saturated heterocycles. The van der Waals surface area contributed by atoms with Gasteiger partial charge in [0.25, 0.3) is 0 Å². The van der Waals surface area contributed by atoms with E-state index in [1.165, 1.54) is 0 Å². The van der Waals surface area contributed by atoms with Crippen LogP contribution in [-0.2, 0) is 4.79 Å². The average molecular weight is 259 g/mol. The van der Waals surface area contributed by atoms with Gasteiger partial charge in [-0.05, 0) is 32.6 Å². The summed E-state index contributed by atoms with van der Waals surface area (Å²) in [4.78, 5) is 16.0. The molecule has 1 unspecified atom stereocenters. The van der Waals surface area contributed by atoms with Gasteiger partial charge in [0.1, 0.15) is 5.92 Å². The number of hydrogen-bond acceptors (Lipinski definition) is 3. The molecular weight excluding hydrogens is 238 g/mol. The minimum Gasteiger partial charge on any atom is -0.344 e. The van der Waals surface area contributed by atoms with Gasteiger partial charge < -0.3 is 9.80 Å². The first-order valence-corrected chi connectivity index (χ1v) is 6.40. The van der Waals surface area contributed by atoms with Crippen LogP contribution in [0.25, 0.3) is 0 Å². The molecule has 1 aromatic rings. The lowest BCUT2D eigenvalue weighted by Crippen LogP contribution is -2.33. The second-order valence-electron chi connectivity index (χ2n) is 4.89. The van der Waals surface area contributed by atoms with Gasteiger partial charge in [-0.25, -0.2) is 0 Å². The van der Waals surface area contributed by atoms with Gasteiger partial charge >= 0.3 is 0 Å². The zero-order chi connectivity index (χ0) is 14.3. The minimum atomic E-state index is -0.703. The van der Waals surface area contributed by atoms with Crippen LogP contribution in [0.15, 0.2) is 30.3 Å². The number of amides is 1. The van der Waals surface area contributed by atoms with Crippen LogP contribution < -0.4 is 0 Å². The Morgan fingerprint density at radius 2 is 1.84 bits per heavy atom. The molecule has 4 nitrogen and oxygen atoms in total. The Balaban J connectivity index is 2.62.